The molecule has 1 aromatic carbocycles. The van der Waals surface area contributed by atoms with E-state index >= 15 is 0 Å². The molecule has 1 heterocycles. The summed E-state index contributed by atoms with van der Waals surface area (Å²) in [7, 11) is -0.340. The van der Waals surface area contributed by atoms with Crippen molar-refractivity contribution in [3.63, 3.8) is 0 Å². The number of rotatable bonds is 4. The zero-order valence-corrected chi connectivity index (χ0v) is 15.5. The number of carbonyl (C=O) groups excluding carboxylic acids is 1. The second-order valence-corrected chi connectivity index (χ2v) is 8.96. The second-order valence-electron chi connectivity index (χ2n) is 6.62. The summed E-state index contributed by atoms with van der Waals surface area (Å²) in [6.45, 7) is 2.09. The van der Waals surface area contributed by atoms with E-state index in [0.717, 1.165) is 5.56 Å². The van der Waals surface area contributed by atoms with E-state index in [4.69, 9.17) is 9.47 Å². The highest BCUT2D eigenvalue weighted by atomic mass is 32.2. The molecule has 1 aliphatic carbocycles. The van der Waals surface area contributed by atoms with E-state index in [1.807, 2.05) is 6.07 Å². The lowest BCUT2D eigenvalue weighted by atomic mass is 10.0. The first-order chi connectivity index (χ1) is 11.8. The summed E-state index contributed by atoms with van der Waals surface area (Å²) in [5.41, 5.74) is 0.823. The van der Waals surface area contributed by atoms with Gasteiger partial charge in [-0.25, -0.2) is 8.42 Å². The van der Waals surface area contributed by atoms with E-state index in [-0.39, 0.29) is 30.5 Å². The van der Waals surface area contributed by atoms with Crippen LogP contribution in [0.25, 0.3) is 0 Å². The highest BCUT2D eigenvalue weighted by molar-refractivity contribution is 7.93. The zero-order valence-electron chi connectivity index (χ0n) is 14.7. The fourth-order valence-electron chi connectivity index (χ4n) is 3.61. The van der Waals surface area contributed by atoms with E-state index < -0.39 is 14.6 Å². The summed E-state index contributed by atoms with van der Waals surface area (Å²) in [5.74, 6) is 0.956. The maximum atomic E-state index is 13.1. The summed E-state index contributed by atoms with van der Waals surface area (Å²) >= 11 is 0. The molecule has 0 saturated carbocycles. The van der Waals surface area contributed by atoms with Gasteiger partial charge in [-0.1, -0.05) is 12.2 Å². The largest absolute Gasteiger partial charge is 0.497 e. The Morgan fingerprint density at radius 1 is 1.20 bits per heavy atom. The van der Waals surface area contributed by atoms with E-state index in [9.17, 15) is 13.2 Å². The molecule has 3 rings (SSSR count). The number of ether oxygens (including phenoxy) is 2. The molecular weight excluding hydrogens is 342 g/mol. The number of carbonyl (C=O) groups is 1. The van der Waals surface area contributed by atoms with Gasteiger partial charge in [-0.3, -0.25) is 4.79 Å². The lowest BCUT2D eigenvalue weighted by Gasteiger charge is -2.43. The van der Waals surface area contributed by atoms with Gasteiger partial charge < -0.3 is 14.4 Å². The predicted octanol–water partition coefficient (Wildman–Crippen LogP) is 1.94. The molecular formula is C18H23NO5S. The smallest absolute Gasteiger partial charge is 0.245 e. The number of allylic oxidation sites excluding steroid dienone is 2. The zero-order chi connectivity index (χ0) is 18.2. The first-order valence-corrected chi connectivity index (χ1v) is 9.89. The van der Waals surface area contributed by atoms with E-state index in [2.05, 4.69) is 0 Å². The Hall–Kier alpha value is -2.02. The van der Waals surface area contributed by atoms with Gasteiger partial charge in [0.15, 0.2) is 14.6 Å². The van der Waals surface area contributed by atoms with Crippen molar-refractivity contribution in [2.24, 2.45) is 0 Å². The van der Waals surface area contributed by atoms with Gasteiger partial charge in [-0.2, -0.15) is 0 Å². The van der Waals surface area contributed by atoms with Crippen LogP contribution < -0.4 is 9.47 Å². The molecule has 1 amide bonds. The molecule has 6 nitrogen and oxygen atoms in total. The Morgan fingerprint density at radius 2 is 1.88 bits per heavy atom. The van der Waals surface area contributed by atoms with Crippen LogP contribution in [0.4, 0.5) is 0 Å². The van der Waals surface area contributed by atoms with Gasteiger partial charge in [0.1, 0.15) is 11.5 Å². The first kappa shape index (κ1) is 17.8. The normalized spacial score (nSPS) is 23.9. The maximum Gasteiger partial charge on any atom is 0.245 e. The van der Waals surface area contributed by atoms with E-state index in [1.165, 1.54) is 0 Å². The predicted molar refractivity (Wildman–Crippen MR) is 94.4 cm³/mol. The van der Waals surface area contributed by atoms with Crippen LogP contribution in [0.3, 0.4) is 0 Å². The minimum Gasteiger partial charge on any atom is -0.497 e. The molecule has 0 N–H and O–H groups in total. The van der Waals surface area contributed by atoms with Crippen molar-refractivity contribution in [1.29, 1.82) is 0 Å². The van der Waals surface area contributed by atoms with Gasteiger partial charge in [0.05, 0.1) is 20.0 Å². The number of benzene rings is 1. The number of methoxy groups -OCH3 is 2. The molecule has 0 aromatic heterocycles. The highest BCUT2D eigenvalue weighted by Gasteiger charge is 2.56. The molecule has 1 fully saturated rings. The van der Waals surface area contributed by atoms with Crippen LogP contribution in [0.1, 0.15) is 25.3 Å². The van der Waals surface area contributed by atoms with Gasteiger partial charge in [-0.05, 0) is 31.9 Å². The Labute approximate surface area is 148 Å². The van der Waals surface area contributed by atoms with Crippen molar-refractivity contribution >= 4 is 15.7 Å². The summed E-state index contributed by atoms with van der Waals surface area (Å²) in [5, 5.41) is 0. The third-order valence-corrected chi connectivity index (χ3v) is 7.76. The molecule has 1 aromatic rings. The van der Waals surface area contributed by atoms with Crippen molar-refractivity contribution in [3.8, 4) is 11.5 Å². The molecule has 1 saturated heterocycles. The number of amides is 1. The van der Waals surface area contributed by atoms with Crippen molar-refractivity contribution in [2.75, 3.05) is 20.0 Å². The molecule has 1 spiro atoms. The fraction of sp³-hybridized carbons (Fsp3) is 0.500. The first-order valence-electron chi connectivity index (χ1n) is 8.24. The number of hydrogen-bond donors (Lipinski definition) is 0. The van der Waals surface area contributed by atoms with Crippen molar-refractivity contribution < 1.29 is 22.7 Å². The molecule has 1 aliphatic heterocycles. The standard InChI is InChI=1S/C18H23NO5S/c1-13-12-25(21,22)18(8-4-5-9-18)17(20)19(13)11-14-6-7-15(23-2)10-16(14)24-3/h4-7,10,13H,8-9,11-12H2,1-3H3. The molecule has 1 unspecified atom stereocenters. The average molecular weight is 365 g/mol. The Bertz CT molecular complexity index is 807. The van der Waals surface area contributed by atoms with Crippen molar-refractivity contribution in [3.05, 3.63) is 35.9 Å². The van der Waals surface area contributed by atoms with Gasteiger partial charge in [0.2, 0.25) is 5.91 Å². The molecule has 0 bridgehead atoms. The summed E-state index contributed by atoms with van der Waals surface area (Å²) < 4.78 is 34.7. The monoisotopic (exact) mass is 365 g/mol. The van der Waals surface area contributed by atoms with E-state index in [1.54, 1.807) is 50.3 Å². The maximum absolute atomic E-state index is 13.1. The topological polar surface area (TPSA) is 72.9 Å². The quantitative estimate of drug-likeness (QED) is 0.763. The molecule has 1 atom stereocenters. The summed E-state index contributed by atoms with van der Waals surface area (Å²) in [6.07, 6.45) is 4.10. The van der Waals surface area contributed by atoms with Crippen molar-refractivity contribution in [2.45, 2.75) is 37.1 Å². The number of nitrogens with zero attached hydrogens (tertiary/aromatic N) is 1. The highest BCUT2D eigenvalue weighted by Crippen LogP contribution is 2.40. The Morgan fingerprint density at radius 3 is 2.48 bits per heavy atom. The minimum atomic E-state index is -3.48. The Balaban J connectivity index is 1.94. The fourth-order valence-corrected chi connectivity index (χ4v) is 5.83. The number of sulfone groups is 1. The van der Waals surface area contributed by atoms with Crippen LogP contribution in [0.15, 0.2) is 30.4 Å². The molecule has 7 heteroatoms. The third kappa shape index (κ3) is 2.80. The van der Waals surface area contributed by atoms with Crippen LogP contribution in [-0.2, 0) is 21.2 Å². The van der Waals surface area contributed by atoms with Crippen LogP contribution in [-0.4, -0.2) is 50.0 Å². The lowest BCUT2D eigenvalue weighted by Crippen LogP contribution is -2.62. The van der Waals surface area contributed by atoms with Crippen LogP contribution in [0.5, 0.6) is 11.5 Å². The number of hydrogen-bond acceptors (Lipinski definition) is 5. The SMILES string of the molecule is COc1ccc(CN2C(=O)C3(CC=CC3)S(=O)(=O)CC2C)c(OC)c1. The second kappa shape index (κ2) is 6.37. The van der Waals surface area contributed by atoms with Crippen LogP contribution >= 0.6 is 0 Å². The molecule has 136 valence electrons. The summed E-state index contributed by atoms with van der Waals surface area (Å²) in [4.78, 5) is 14.8. The lowest BCUT2D eigenvalue weighted by molar-refractivity contribution is -0.137. The molecule has 0 radical (unpaired) electrons. The third-order valence-electron chi connectivity index (χ3n) is 5.14. The molecule has 2 aliphatic rings. The van der Waals surface area contributed by atoms with E-state index in [0.29, 0.717) is 18.0 Å². The van der Waals surface area contributed by atoms with Crippen molar-refractivity contribution in [1.82, 2.24) is 4.90 Å². The average Bonchev–Trinajstić information content (AvgIpc) is 3.09. The summed E-state index contributed by atoms with van der Waals surface area (Å²) in [6, 6.07) is 5.04. The minimum absolute atomic E-state index is 0.0150. The van der Waals surface area contributed by atoms with Gasteiger partial charge in [0, 0.05) is 24.2 Å². The van der Waals surface area contributed by atoms with Gasteiger partial charge in [0.25, 0.3) is 0 Å². The Kier molecular flexibility index (Phi) is 4.53. The molecule has 25 heavy (non-hydrogen) atoms. The van der Waals surface area contributed by atoms with Gasteiger partial charge in [-0.15, -0.1) is 0 Å². The van der Waals surface area contributed by atoms with Crippen LogP contribution in [0, 0.1) is 0 Å². The van der Waals surface area contributed by atoms with Gasteiger partial charge >= 0.3 is 0 Å². The van der Waals surface area contributed by atoms with Crippen LogP contribution in [0.2, 0.25) is 0 Å².